The van der Waals surface area contributed by atoms with E-state index in [1.54, 1.807) is 0 Å². The van der Waals surface area contributed by atoms with Crippen molar-refractivity contribution < 1.29 is 9.47 Å². The number of nitrogens with one attached hydrogen (secondary N) is 2. The predicted octanol–water partition coefficient (Wildman–Crippen LogP) is 4.14. The summed E-state index contributed by atoms with van der Waals surface area (Å²) in [6, 6.07) is 8.94. The summed E-state index contributed by atoms with van der Waals surface area (Å²) in [5.74, 6) is 1.53. The van der Waals surface area contributed by atoms with Gasteiger partial charge >= 0.3 is 0 Å². The molecule has 1 aromatic carbocycles. The van der Waals surface area contributed by atoms with Crippen LogP contribution in [0.4, 0.5) is 0 Å². The third-order valence-corrected chi connectivity index (χ3v) is 5.20. The average molecular weight is 517 g/mol. The minimum absolute atomic E-state index is 0. The molecule has 29 heavy (non-hydrogen) atoms. The van der Waals surface area contributed by atoms with Crippen LogP contribution < -0.4 is 10.6 Å². The number of hydrogen-bond acceptors (Lipinski definition) is 3. The van der Waals surface area contributed by atoms with Crippen molar-refractivity contribution in [3.63, 3.8) is 0 Å². The first-order valence-electron chi connectivity index (χ1n) is 10.7. The van der Waals surface area contributed by atoms with Crippen molar-refractivity contribution in [3.8, 4) is 0 Å². The second kappa shape index (κ2) is 14.2. The van der Waals surface area contributed by atoms with E-state index in [1.807, 2.05) is 7.05 Å². The van der Waals surface area contributed by atoms with Crippen molar-refractivity contribution in [2.45, 2.75) is 51.9 Å². The van der Waals surface area contributed by atoms with E-state index >= 15 is 0 Å². The molecule has 0 aliphatic carbocycles. The van der Waals surface area contributed by atoms with Gasteiger partial charge in [-0.2, -0.15) is 0 Å². The van der Waals surface area contributed by atoms with E-state index in [0.29, 0.717) is 5.92 Å². The summed E-state index contributed by atoms with van der Waals surface area (Å²) >= 11 is 0. The van der Waals surface area contributed by atoms with Crippen LogP contribution in [0.2, 0.25) is 0 Å². The van der Waals surface area contributed by atoms with Gasteiger partial charge in [-0.05, 0) is 48.1 Å². The second-order valence-electron chi connectivity index (χ2n) is 8.61. The lowest BCUT2D eigenvalue weighted by atomic mass is 9.86. The Labute approximate surface area is 194 Å². The van der Waals surface area contributed by atoms with Crippen molar-refractivity contribution in [1.82, 2.24) is 10.6 Å². The number of hydrogen-bond donors (Lipinski definition) is 2. The zero-order valence-electron chi connectivity index (χ0n) is 18.6. The topological polar surface area (TPSA) is 54.9 Å². The molecule has 5 nitrogen and oxygen atoms in total. The molecule has 0 bridgehead atoms. The molecule has 6 heteroatoms. The van der Waals surface area contributed by atoms with Gasteiger partial charge in [0, 0.05) is 46.6 Å². The fourth-order valence-corrected chi connectivity index (χ4v) is 3.26. The molecule has 1 saturated heterocycles. The lowest BCUT2D eigenvalue weighted by Gasteiger charge is -2.21. The minimum Gasteiger partial charge on any atom is -0.381 e. The van der Waals surface area contributed by atoms with Crippen LogP contribution in [0, 0.1) is 5.92 Å². The summed E-state index contributed by atoms with van der Waals surface area (Å²) in [5, 5.41) is 6.75. The van der Waals surface area contributed by atoms with Crippen LogP contribution >= 0.6 is 24.0 Å². The zero-order chi connectivity index (χ0) is 20.2. The van der Waals surface area contributed by atoms with Crippen LogP contribution in [-0.4, -0.2) is 52.5 Å². The van der Waals surface area contributed by atoms with E-state index in [0.717, 1.165) is 71.2 Å². The summed E-state index contributed by atoms with van der Waals surface area (Å²) in [5.41, 5.74) is 2.93. The fraction of sp³-hybridized carbons (Fsp3) is 0.696. The highest BCUT2D eigenvalue weighted by Gasteiger charge is 2.14. The Morgan fingerprint density at radius 3 is 2.38 bits per heavy atom. The highest BCUT2D eigenvalue weighted by atomic mass is 127. The quantitative estimate of drug-likeness (QED) is 0.224. The van der Waals surface area contributed by atoms with Gasteiger partial charge in [-0.3, -0.25) is 4.99 Å². The van der Waals surface area contributed by atoms with Gasteiger partial charge in [-0.15, -0.1) is 24.0 Å². The Bertz CT molecular complexity index is 579. The van der Waals surface area contributed by atoms with Crippen LogP contribution in [0.1, 0.15) is 51.2 Å². The van der Waals surface area contributed by atoms with Gasteiger partial charge in [0.2, 0.25) is 0 Å². The Hall–Kier alpha value is -0.860. The maximum atomic E-state index is 5.81. The molecule has 166 valence electrons. The summed E-state index contributed by atoms with van der Waals surface area (Å²) in [4.78, 5) is 4.30. The summed E-state index contributed by atoms with van der Waals surface area (Å²) in [6.07, 6.45) is 4.24. The number of aliphatic imine (C=N–C) groups is 1. The monoisotopic (exact) mass is 517 g/mol. The van der Waals surface area contributed by atoms with Crippen LogP contribution in [-0.2, 0) is 21.3 Å². The molecule has 0 atom stereocenters. The van der Waals surface area contributed by atoms with E-state index in [-0.39, 0.29) is 29.4 Å². The van der Waals surface area contributed by atoms with Crippen molar-refractivity contribution in [1.29, 1.82) is 0 Å². The second-order valence-corrected chi connectivity index (χ2v) is 8.61. The molecule has 0 aromatic heterocycles. The van der Waals surface area contributed by atoms with Crippen molar-refractivity contribution >= 4 is 29.9 Å². The van der Waals surface area contributed by atoms with Crippen LogP contribution in [0.5, 0.6) is 0 Å². The van der Waals surface area contributed by atoms with Gasteiger partial charge in [0.05, 0.1) is 0 Å². The lowest BCUT2D eigenvalue weighted by Crippen LogP contribution is -2.39. The molecule has 0 radical (unpaired) electrons. The normalized spacial score (nSPS) is 15.7. The van der Waals surface area contributed by atoms with E-state index in [1.165, 1.54) is 11.1 Å². The molecule has 0 unspecified atom stereocenters. The minimum atomic E-state index is 0. The van der Waals surface area contributed by atoms with Crippen molar-refractivity contribution in [2.24, 2.45) is 10.9 Å². The Morgan fingerprint density at radius 2 is 1.76 bits per heavy atom. The number of rotatable bonds is 9. The third-order valence-electron chi connectivity index (χ3n) is 5.20. The molecule has 1 heterocycles. The SMILES string of the molecule is CN=C(NCCCOCC1CCOCC1)NCCc1ccc(C(C)(C)C)cc1.I. The standard InChI is InChI=1S/C23H39N3O2.HI/c1-23(2,3)21-8-6-19(7-9-21)10-14-26-22(24-4)25-13-5-15-28-18-20-11-16-27-17-12-20;/h6-9,20H,5,10-18H2,1-4H3,(H2,24,25,26);1H. The molecular weight excluding hydrogens is 477 g/mol. The Morgan fingerprint density at radius 1 is 1.10 bits per heavy atom. The fourth-order valence-electron chi connectivity index (χ4n) is 3.26. The zero-order valence-corrected chi connectivity index (χ0v) is 21.0. The number of halogens is 1. The molecule has 1 aliphatic rings. The average Bonchev–Trinajstić information content (AvgIpc) is 2.69. The maximum absolute atomic E-state index is 5.81. The molecular formula is C23H40IN3O2. The Kier molecular flexibility index (Phi) is 12.8. The van der Waals surface area contributed by atoms with Gasteiger partial charge in [0.25, 0.3) is 0 Å². The molecule has 1 aliphatic heterocycles. The van der Waals surface area contributed by atoms with Gasteiger partial charge in [-0.25, -0.2) is 0 Å². The number of nitrogens with zero attached hydrogens (tertiary/aromatic N) is 1. The van der Waals surface area contributed by atoms with E-state index in [2.05, 4.69) is 60.7 Å². The summed E-state index contributed by atoms with van der Waals surface area (Å²) in [6.45, 7) is 11.9. The smallest absolute Gasteiger partial charge is 0.190 e. The third kappa shape index (κ3) is 10.6. The number of guanidine groups is 1. The largest absolute Gasteiger partial charge is 0.381 e. The number of benzene rings is 1. The highest BCUT2D eigenvalue weighted by molar-refractivity contribution is 14.0. The van der Waals surface area contributed by atoms with Gasteiger partial charge in [0.1, 0.15) is 0 Å². The molecule has 0 amide bonds. The molecule has 2 rings (SSSR count). The maximum Gasteiger partial charge on any atom is 0.190 e. The first kappa shape index (κ1) is 26.2. The first-order valence-corrected chi connectivity index (χ1v) is 10.7. The molecule has 0 spiro atoms. The number of ether oxygens (including phenoxy) is 2. The lowest BCUT2D eigenvalue weighted by molar-refractivity contribution is 0.0203. The molecule has 1 fully saturated rings. The van der Waals surface area contributed by atoms with E-state index in [9.17, 15) is 0 Å². The Balaban J connectivity index is 0.00000420. The van der Waals surface area contributed by atoms with Gasteiger partial charge in [0.15, 0.2) is 5.96 Å². The molecule has 1 aromatic rings. The van der Waals surface area contributed by atoms with Crippen molar-refractivity contribution in [3.05, 3.63) is 35.4 Å². The van der Waals surface area contributed by atoms with Crippen LogP contribution in [0.3, 0.4) is 0 Å². The molecule has 2 N–H and O–H groups in total. The molecule has 0 saturated carbocycles. The van der Waals surface area contributed by atoms with E-state index < -0.39 is 0 Å². The predicted molar refractivity (Wildman–Crippen MR) is 133 cm³/mol. The van der Waals surface area contributed by atoms with Gasteiger partial charge < -0.3 is 20.1 Å². The van der Waals surface area contributed by atoms with E-state index in [4.69, 9.17) is 9.47 Å². The summed E-state index contributed by atoms with van der Waals surface area (Å²) < 4.78 is 11.2. The van der Waals surface area contributed by atoms with Crippen LogP contribution in [0.25, 0.3) is 0 Å². The first-order chi connectivity index (χ1) is 13.5. The summed E-state index contributed by atoms with van der Waals surface area (Å²) in [7, 11) is 1.81. The van der Waals surface area contributed by atoms with Gasteiger partial charge in [-0.1, -0.05) is 45.0 Å². The highest BCUT2D eigenvalue weighted by Crippen LogP contribution is 2.22. The van der Waals surface area contributed by atoms with Crippen LogP contribution in [0.15, 0.2) is 29.3 Å². The van der Waals surface area contributed by atoms with Crippen molar-refractivity contribution in [2.75, 3.05) is 46.6 Å².